The van der Waals surface area contributed by atoms with E-state index in [-0.39, 0.29) is 12.6 Å². The lowest BCUT2D eigenvalue weighted by molar-refractivity contribution is -0.148. The SMILES string of the molecule is COCCOCCOC(=O)C(N)C1CCCCC1. The number of esters is 1. The molecule has 0 bridgehead atoms. The second-order valence-corrected chi connectivity index (χ2v) is 4.70. The third kappa shape index (κ3) is 5.80. The van der Waals surface area contributed by atoms with Crippen LogP contribution in [0.5, 0.6) is 0 Å². The smallest absolute Gasteiger partial charge is 0.323 e. The van der Waals surface area contributed by atoms with E-state index in [1.54, 1.807) is 7.11 Å². The molecule has 106 valence electrons. The quantitative estimate of drug-likeness (QED) is 0.522. The molecule has 1 aliphatic rings. The molecule has 5 nitrogen and oxygen atoms in total. The summed E-state index contributed by atoms with van der Waals surface area (Å²) in [6.07, 6.45) is 5.68. The van der Waals surface area contributed by atoms with Crippen LogP contribution in [-0.4, -0.2) is 45.5 Å². The van der Waals surface area contributed by atoms with Gasteiger partial charge in [0, 0.05) is 7.11 Å². The van der Waals surface area contributed by atoms with Gasteiger partial charge in [-0.05, 0) is 18.8 Å². The molecule has 0 aromatic rings. The Kier molecular flexibility index (Phi) is 7.96. The molecular weight excluding hydrogens is 234 g/mol. The Bertz CT molecular complexity index is 229. The molecular formula is C13H25NO4. The van der Waals surface area contributed by atoms with Crippen molar-refractivity contribution in [2.75, 3.05) is 33.5 Å². The summed E-state index contributed by atoms with van der Waals surface area (Å²) >= 11 is 0. The van der Waals surface area contributed by atoms with E-state index in [1.165, 1.54) is 19.3 Å². The Morgan fingerprint density at radius 2 is 1.83 bits per heavy atom. The second kappa shape index (κ2) is 9.30. The van der Waals surface area contributed by atoms with Crippen LogP contribution in [0.15, 0.2) is 0 Å². The van der Waals surface area contributed by atoms with Gasteiger partial charge < -0.3 is 19.9 Å². The molecule has 0 aliphatic heterocycles. The topological polar surface area (TPSA) is 70.8 Å². The number of rotatable bonds is 8. The van der Waals surface area contributed by atoms with Crippen molar-refractivity contribution < 1.29 is 19.0 Å². The number of hydrogen-bond acceptors (Lipinski definition) is 5. The zero-order chi connectivity index (χ0) is 13.2. The number of methoxy groups -OCH3 is 1. The van der Waals surface area contributed by atoms with Crippen molar-refractivity contribution in [3.8, 4) is 0 Å². The minimum atomic E-state index is -0.468. The molecule has 0 aromatic heterocycles. The van der Waals surface area contributed by atoms with Gasteiger partial charge in [0.05, 0.1) is 19.8 Å². The third-order valence-corrected chi connectivity index (χ3v) is 3.33. The molecule has 0 saturated heterocycles. The molecule has 1 aliphatic carbocycles. The van der Waals surface area contributed by atoms with Gasteiger partial charge in [0.15, 0.2) is 0 Å². The van der Waals surface area contributed by atoms with E-state index in [9.17, 15) is 4.79 Å². The van der Waals surface area contributed by atoms with Crippen LogP contribution in [0.4, 0.5) is 0 Å². The molecule has 5 heteroatoms. The summed E-state index contributed by atoms with van der Waals surface area (Å²) < 4.78 is 15.1. The predicted octanol–water partition coefficient (Wildman–Crippen LogP) is 1.10. The number of carbonyl (C=O) groups excluding carboxylic acids is 1. The summed E-state index contributed by atoms with van der Waals surface area (Å²) in [6, 6.07) is -0.468. The van der Waals surface area contributed by atoms with Crippen LogP contribution in [0.3, 0.4) is 0 Å². The fraction of sp³-hybridized carbons (Fsp3) is 0.923. The lowest BCUT2D eigenvalue weighted by Crippen LogP contribution is -2.40. The van der Waals surface area contributed by atoms with Gasteiger partial charge >= 0.3 is 5.97 Å². The highest BCUT2D eigenvalue weighted by Gasteiger charge is 2.27. The Balaban J connectivity index is 2.07. The Morgan fingerprint density at radius 3 is 2.50 bits per heavy atom. The second-order valence-electron chi connectivity index (χ2n) is 4.70. The summed E-state index contributed by atoms with van der Waals surface area (Å²) in [7, 11) is 1.62. The molecule has 2 N–H and O–H groups in total. The molecule has 0 radical (unpaired) electrons. The molecule has 18 heavy (non-hydrogen) atoms. The fourth-order valence-electron chi connectivity index (χ4n) is 2.23. The van der Waals surface area contributed by atoms with E-state index < -0.39 is 6.04 Å². The van der Waals surface area contributed by atoms with Crippen molar-refractivity contribution in [3.05, 3.63) is 0 Å². The molecule has 1 fully saturated rings. The number of carbonyl (C=O) groups is 1. The van der Waals surface area contributed by atoms with E-state index in [0.29, 0.717) is 25.7 Å². The number of nitrogens with two attached hydrogens (primary N) is 1. The van der Waals surface area contributed by atoms with Crippen LogP contribution >= 0.6 is 0 Å². The minimum Gasteiger partial charge on any atom is -0.462 e. The van der Waals surface area contributed by atoms with Gasteiger partial charge in [-0.25, -0.2) is 0 Å². The van der Waals surface area contributed by atoms with Crippen molar-refractivity contribution in [2.24, 2.45) is 11.7 Å². The monoisotopic (exact) mass is 259 g/mol. The summed E-state index contributed by atoms with van der Waals surface area (Å²) in [4.78, 5) is 11.7. The Morgan fingerprint density at radius 1 is 1.17 bits per heavy atom. The van der Waals surface area contributed by atoms with Gasteiger partial charge in [0.1, 0.15) is 12.6 Å². The van der Waals surface area contributed by atoms with Gasteiger partial charge in [-0.2, -0.15) is 0 Å². The maximum atomic E-state index is 11.7. The van der Waals surface area contributed by atoms with Crippen molar-refractivity contribution in [1.82, 2.24) is 0 Å². The van der Waals surface area contributed by atoms with Crippen LogP contribution in [0.1, 0.15) is 32.1 Å². The number of ether oxygens (including phenoxy) is 3. The summed E-state index contributed by atoms with van der Waals surface area (Å²) in [6.45, 7) is 1.73. The molecule has 1 atom stereocenters. The lowest BCUT2D eigenvalue weighted by Gasteiger charge is -2.25. The Labute approximate surface area is 109 Å². The number of hydrogen-bond donors (Lipinski definition) is 1. The Hall–Kier alpha value is -0.650. The van der Waals surface area contributed by atoms with Gasteiger partial charge in [-0.3, -0.25) is 4.79 Å². The molecule has 0 heterocycles. The van der Waals surface area contributed by atoms with Gasteiger partial charge in [-0.15, -0.1) is 0 Å². The van der Waals surface area contributed by atoms with Crippen molar-refractivity contribution >= 4 is 5.97 Å². The fourth-order valence-corrected chi connectivity index (χ4v) is 2.23. The zero-order valence-corrected chi connectivity index (χ0v) is 11.2. The predicted molar refractivity (Wildman–Crippen MR) is 68.2 cm³/mol. The maximum Gasteiger partial charge on any atom is 0.323 e. The average molecular weight is 259 g/mol. The highest BCUT2D eigenvalue weighted by atomic mass is 16.6. The van der Waals surface area contributed by atoms with Crippen molar-refractivity contribution in [3.63, 3.8) is 0 Å². The summed E-state index contributed by atoms with van der Waals surface area (Å²) in [5.41, 5.74) is 5.92. The lowest BCUT2D eigenvalue weighted by atomic mass is 9.84. The van der Waals surface area contributed by atoms with Gasteiger partial charge in [0.2, 0.25) is 0 Å². The highest BCUT2D eigenvalue weighted by Crippen LogP contribution is 2.25. The highest BCUT2D eigenvalue weighted by molar-refractivity contribution is 5.75. The van der Waals surface area contributed by atoms with Crippen LogP contribution < -0.4 is 5.73 Å². The average Bonchev–Trinajstić information content (AvgIpc) is 2.42. The maximum absolute atomic E-state index is 11.7. The normalized spacial score (nSPS) is 18.6. The first-order chi connectivity index (χ1) is 8.75. The molecule has 1 saturated carbocycles. The largest absolute Gasteiger partial charge is 0.462 e. The van der Waals surface area contributed by atoms with E-state index in [1.807, 2.05) is 0 Å². The molecule has 1 unspecified atom stereocenters. The van der Waals surface area contributed by atoms with E-state index in [4.69, 9.17) is 19.9 Å². The standard InChI is InChI=1S/C13H25NO4/c1-16-7-8-17-9-10-18-13(15)12(14)11-5-3-2-4-6-11/h11-12H,2-10,14H2,1H3. The summed E-state index contributed by atoms with van der Waals surface area (Å²) in [5.74, 6) is -0.00194. The third-order valence-electron chi connectivity index (χ3n) is 3.33. The van der Waals surface area contributed by atoms with Crippen LogP contribution in [-0.2, 0) is 19.0 Å². The molecule has 0 spiro atoms. The first-order valence-electron chi connectivity index (χ1n) is 6.74. The van der Waals surface area contributed by atoms with Crippen LogP contribution in [0, 0.1) is 5.92 Å². The van der Waals surface area contributed by atoms with Crippen LogP contribution in [0.2, 0.25) is 0 Å². The summed E-state index contributed by atoms with van der Waals surface area (Å²) in [5, 5.41) is 0. The first-order valence-corrected chi connectivity index (χ1v) is 6.74. The molecule has 0 aromatic carbocycles. The van der Waals surface area contributed by atoms with E-state index in [2.05, 4.69) is 0 Å². The molecule has 1 rings (SSSR count). The zero-order valence-electron chi connectivity index (χ0n) is 11.2. The van der Waals surface area contributed by atoms with E-state index >= 15 is 0 Å². The van der Waals surface area contributed by atoms with Crippen molar-refractivity contribution in [1.29, 1.82) is 0 Å². The first kappa shape index (κ1) is 15.4. The van der Waals surface area contributed by atoms with Crippen molar-refractivity contribution in [2.45, 2.75) is 38.1 Å². The van der Waals surface area contributed by atoms with Gasteiger partial charge in [-0.1, -0.05) is 19.3 Å². The van der Waals surface area contributed by atoms with Crippen LogP contribution in [0.25, 0.3) is 0 Å². The minimum absolute atomic E-state index is 0.267. The van der Waals surface area contributed by atoms with E-state index in [0.717, 1.165) is 12.8 Å². The van der Waals surface area contributed by atoms with Gasteiger partial charge in [0.25, 0.3) is 0 Å². The molecule has 0 amide bonds.